The van der Waals surface area contributed by atoms with Gasteiger partial charge in [0.15, 0.2) is 0 Å². The van der Waals surface area contributed by atoms with Crippen molar-refractivity contribution in [3.8, 4) is 11.1 Å². The van der Waals surface area contributed by atoms with Crippen LogP contribution in [0.1, 0.15) is 30.1 Å². The second kappa shape index (κ2) is 7.72. The fourth-order valence-corrected chi connectivity index (χ4v) is 3.51. The summed E-state index contributed by atoms with van der Waals surface area (Å²) >= 11 is 0. The number of halogens is 1. The standard InChI is InChI=1S/C21H20FN5O/c22-17-6-3-14(4-7-17)10-20(28)27-9-1-2-19(27)18-8-5-15(11-24-18)16-12-25-21(23)26-13-16/h3-8,11-13,19H,1-2,9-10H2,(H2,23,25,26)/t19-/m1/s1. The number of benzene rings is 1. The highest BCUT2D eigenvalue weighted by Crippen LogP contribution is 2.32. The molecule has 0 aliphatic carbocycles. The topological polar surface area (TPSA) is 85.0 Å². The van der Waals surface area contributed by atoms with Crippen molar-refractivity contribution in [3.63, 3.8) is 0 Å². The Kier molecular flexibility index (Phi) is 4.97. The van der Waals surface area contributed by atoms with Crippen LogP contribution in [0.2, 0.25) is 0 Å². The predicted octanol–water partition coefficient (Wildman–Crippen LogP) is 3.17. The van der Waals surface area contributed by atoms with Gasteiger partial charge in [0, 0.05) is 36.3 Å². The summed E-state index contributed by atoms with van der Waals surface area (Å²) in [5, 5.41) is 0. The third-order valence-corrected chi connectivity index (χ3v) is 4.97. The van der Waals surface area contributed by atoms with Crippen LogP contribution >= 0.6 is 0 Å². The molecule has 1 aliphatic rings. The van der Waals surface area contributed by atoms with Crippen LogP contribution in [0.5, 0.6) is 0 Å². The monoisotopic (exact) mass is 377 g/mol. The van der Waals surface area contributed by atoms with E-state index in [9.17, 15) is 9.18 Å². The zero-order valence-electron chi connectivity index (χ0n) is 15.3. The summed E-state index contributed by atoms with van der Waals surface area (Å²) in [5.74, 6) is -0.0347. The van der Waals surface area contributed by atoms with Gasteiger partial charge in [-0.05, 0) is 36.6 Å². The molecule has 0 saturated carbocycles. The largest absolute Gasteiger partial charge is 0.368 e. The summed E-state index contributed by atoms with van der Waals surface area (Å²) in [7, 11) is 0. The lowest BCUT2D eigenvalue weighted by Crippen LogP contribution is -2.32. The van der Waals surface area contributed by atoms with Crippen LogP contribution in [0.15, 0.2) is 55.0 Å². The van der Waals surface area contributed by atoms with Gasteiger partial charge in [0.05, 0.1) is 18.2 Å². The van der Waals surface area contributed by atoms with Crippen molar-refractivity contribution in [1.82, 2.24) is 19.9 Å². The smallest absolute Gasteiger partial charge is 0.227 e. The molecule has 7 heteroatoms. The SMILES string of the molecule is Nc1ncc(-c2ccc([C@H]3CCCN3C(=O)Cc3ccc(F)cc3)nc2)cn1. The molecule has 142 valence electrons. The van der Waals surface area contributed by atoms with Gasteiger partial charge in [-0.2, -0.15) is 0 Å². The van der Waals surface area contributed by atoms with Crippen LogP contribution in [0.3, 0.4) is 0 Å². The van der Waals surface area contributed by atoms with Crippen molar-refractivity contribution < 1.29 is 9.18 Å². The summed E-state index contributed by atoms with van der Waals surface area (Å²) in [5.41, 5.74) is 8.93. The van der Waals surface area contributed by atoms with Crippen LogP contribution in [-0.4, -0.2) is 32.3 Å². The number of amides is 1. The van der Waals surface area contributed by atoms with Gasteiger partial charge >= 0.3 is 0 Å². The molecule has 1 saturated heterocycles. The molecule has 4 rings (SSSR count). The molecule has 1 aliphatic heterocycles. The van der Waals surface area contributed by atoms with Crippen molar-refractivity contribution in [2.75, 3.05) is 12.3 Å². The third kappa shape index (κ3) is 3.83. The van der Waals surface area contributed by atoms with E-state index in [4.69, 9.17) is 5.73 Å². The maximum atomic E-state index is 13.1. The third-order valence-electron chi connectivity index (χ3n) is 4.97. The summed E-state index contributed by atoms with van der Waals surface area (Å²) in [4.78, 5) is 27.2. The quantitative estimate of drug-likeness (QED) is 0.755. The van der Waals surface area contributed by atoms with E-state index >= 15 is 0 Å². The highest BCUT2D eigenvalue weighted by Gasteiger charge is 2.30. The fraction of sp³-hybridized carbons (Fsp3) is 0.238. The van der Waals surface area contributed by atoms with Gasteiger partial charge in [0.1, 0.15) is 5.82 Å². The van der Waals surface area contributed by atoms with Gasteiger partial charge in [-0.1, -0.05) is 18.2 Å². The molecule has 0 radical (unpaired) electrons. The first-order chi connectivity index (χ1) is 13.6. The van der Waals surface area contributed by atoms with Crippen LogP contribution < -0.4 is 5.73 Å². The minimum atomic E-state index is -0.300. The number of carbonyl (C=O) groups is 1. The lowest BCUT2D eigenvalue weighted by molar-refractivity contribution is -0.131. The number of aromatic nitrogens is 3. The summed E-state index contributed by atoms with van der Waals surface area (Å²) in [6.45, 7) is 0.708. The summed E-state index contributed by atoms with van der Waals surface area (Å²) < 4.78 is 13.1. The molecular weight excluding hydrogens is 357 g/mol. The lowest BCUT2D eigenvalue weighted by Gasteiger charge is -2.24. The van der Waals surface area contributed by atoms with Crippen molar-refractivity contribution in [3.05, 3.63) is 72.1 Å². The van der Waals surface area contributed by atoms with E-state index in [1.54, 1.807) is 30.7 Å². The molecule has 0 unspecified atom stereocenters. The van der Waals surface area contributed by atoms with Gasteiger partial charge in [-0.25, -0.2) is 14.4 Å². The minimum absolute atomic E-state index is 0.0342. The number of nitrogens with zero attached hydrogens (tertiary/aromatic N) is 4. The Bertz CT molecular complexity index is 958. The average molecular weight is 377 g/mol. The molecule has 1 fully saturated rings. The van der Waals surface area contributed by atoms with Crippen molar-refractivity contribution in [1.29, 1.82) is 0 Å². The van der Waals surface area contributed by atoms with E-state index in [-0.39, 0.29) is 30.1 Å². The van der Waals surface area contributed by atoms with Crippen LogP contribution in [0.25, 0.3) is 11.1 Å². The Hall–Kier alpha value is -3.35. The molecule has 0 spiro atoms. The van der Waals surface area contributed by atoms with Gasteiger partial charge < -0.3 is 10.6 Å². The fourth-order valence-electron chi connectivity index (χ4n) is 3.51. The van der Waals surface area contributed by atoms with Gasteiger partial charge in [0.2, 0.25) is 11.9 Å². The number of hydrogen-bond donors (Lipinski definition) is 1. The highest BCUT2D eigenvalue weighted by atomic mass is 19.1. The molecule has 3 heterocycles. The molecule has 0 bridgehead atoms. The molecule has 2 aromatic heterocycles. The van der Waals surface area contributed by atoms with Gasteiger partial charge in [0.25, 0.3) is 0 Å². The maximum Gasteiger partial charge on any atom is 0.227 e. The molecule has 3 aromatic rings. The van der Waals surface area contributed by atoms with Crippen LogP contribution in [0.4, 0.5) is 10.3 Å². The molecule has 1 atom stereocenters. The van der Waals surface area contributed by atoms with E-state index in [0.29, 0.717) is 6.54 Å². The molecule has 28 heavy (non-hydrogen) atoms. The number of hydrogen-bond acceptors (Lipinski definition) is 5. The number of rotatable bonds is 4. The lowest BCUT2D eigenvalue weighted by atomic mass is 10.1. The Labute approximate surface area is 162 Å². The van der Waals surface area contributed by atoms with Crippen LogP contribution in [0, 0.1) is 5.82 Å². The number of nitrogens with two attached hydrogens (primary N) is 1. The molecule has 1 amide bonds. The normalized spacial score (nSPS) is 16.3. The zero-order chi connectivity index (χ0) is 19.5. The van der Waals surface area contributed by atoms with E-state index in [0.717, 1.165) is 35.2 Å². The number of nitrogen functional groups attached to an aromatic ring is 1. The number of pyridine rings is 1. The van der Waals surface area contributed by atoms with E-state index in [1.165, 1.54) is 12.1 Å². The Balaban J connectivity index is 1.49. The number of carbonyl (C=O) groups excluding carboxylic acids is 1. The minimum Gasteiger partial charge on any atom is -0.368 e. The first-order valence-electron chi connectivity index (χ1n) is 9.18. The number of likely N-dealkylation sites (tertiary alicyclic amines) is 1. The zero-order valence-corrected chi connectivity index (χ0v) is 15.3. The predicted molar refractivity (Wildman–Crippen MR) is 103 cm³/mol. The first kappa shape index (κ1) is 18.0. The van der Waals surface area contributed by atoms with E-state index in [2.05, 4.69) is 15.0 Å². The number of anilines is 1. The summed E-state index contributed by atoms with van der Waals surface area (Å²) in [6.07, 6.45) is 7.17. The van der Waals surface area contributed by atoms with Crippen molar-refractivity contribution in [2.24, 2.45) is 0 Å². The average Bonchev–Trinajstić information content (AvgIpc) is 3.20. The van der Waals surface area contributed by atoms with Crippen molar-refractivity contribution in [2.45, 2.75) is 25.3 Å². The second-order valence-corrected chi connectivity index (χ2v) is 6.85. The molecule has 1 aromatic carbocycles. The molecule has 6 nitrogen and oxygen atoms in total. The van der Waals surface area contributed by atoms with E-state index in [1.807, 2.05) is 17.0 Å². The highest BCUT2D eigenvalue weighted by molar-refractivity contribution is 5.79. The van der Waals surface area contributed by atoms with E-state index < -0.39 is 0 Å². The molecule has 2 N–H and O–H groups in total. The Morgan fingerprint density at radius 3 is 2.43 bits per heavy atom. The van der Waals surface area contributed by atoms with Gasteiger partial charge in [-0.15, -0.1) is 0 Å². The molecular formula is C21H20FN5O. The van der Waals surface area contributed by atoms with Crippen molar-refractivity contribution >= 4 is 11.9 Å². The first-order valence-corrected chi connectivity index (χ1v) is 9.18. The Morgan fingerprint density at radius 1 is 1.04 bits per heavy atom. The van der Waals surface area contributed by atoms with Gasteiger partial charge in [-0.3, -0.25) is 9.78 Å². The maximum absolute atomic E-state index is 13.1. The summed E-state index contributed by atoms with van der Waals surface area (Å²) in [6, 6.07) is 9.93. The second-order valence-electron chi connectivity index (χ2n) is 6.85. The Morgan fingerprint density at radius 2 is 1.75 bits per heavy atom. The van der Waals surface area contributed by atoms with Crippen LogP contribution in [-0.2, 0) is 11.2 Å².